The lowest BCUT2D eigenvalue weighted by Gasteiger charge is -2.15. The summed E-state index contributed by atoms with van der Waals surface area (Å²) in [5.74, 6) is 0.437. The minimum atomic E-state index is -0.319. The van der Waals surface area contributed by atoms with Gasteiger partial charge in [-0.15, -0.1) is 0 Å². The minimum absolute atomic E-state index is 0.173. The maximum atomic E-state index is 13.7. The number of hydrogen-bond acceptors (Lipinski definition) is 6. The fourth-order valence-electron chi connectivity index (χ4n) is 4.06. The standard InChI is InChI=1S/C32H25ClIN3O4S/c1-2-40-27-18-21(17-26(34)30(27)41-20-29(38)35-24-15-13-22(33)14-16-24)19-28-31(39)37(25-11-7-4-8-12-25)32(42-28)36-23-9-5-3-6-10-23/h3-19H,2,20H2,1H3,(H,35,38)/b28-19-,36-32?. The predicted octanol–water partition coefficient (Wildman–Crippen LogP) is 8.17. The van der Waals surface area contributed by atoms with E-state index >= 15 is 0 Å². The first-order valence-electron chi connectivity index (χ1n) is 13.0. The molecule has 0 spiro atoms. The minimum Gasteiger partial charge on any atom is -0.490 e. The highest BCUT2D eigenvalue weighted by molar-refractivity contribution is 14.1. The number of aliphatic imine (C=N–C) groups is 1. The molecule has 1 saturated heterocycles. The molecule has 2 amide bonds. The van der Waals surface area contributed by atoms with Gasteiger partial charge < -0.3 is 14.8 Å². The number of rotatable bonds is 9. The Kier molecular flexibility index (Phi) is 9.83. The number of nitrogens with one attached hydrogen (secondary N) is 1. The number of nitrogens with zero attached hydrogens (tertiary/aromatic N) is 2. The van der Waals surface area contributed by atoms with Crippen LogP contribution in [0.15, 0.2) is 107 Å². The fourth-order valence-corrected chi connectivity index (χ4v) is 5.97. The maximum absolute atomic E-state index is 13.7. The van der Waals surface area contributed by atoms with E-state index < -0.39 is 0 Å². The van der Waals surface area contributed by atoms with Crippen LogP contribution < -0.4 is 19.7 Å². The number of amides is 2. The molecule has 0 atom stereocenters. The summed E-state index contributed by atoms with van der Waals surface area (Å²) in [6.45, 7) is 2.06. The normalized spacial score (nSPS) is 14.8. The van der Waals surface area contributed by atoms with Crippen molar-refractivity contribution in [2.45, 2.75) is 6.92 Å². The second-order valence-electron chi connectivity index (χ2n) is 8.92. The number of benzene rings is 4. The van der Waals surface area contributed by atoms with Crippen molar-refractivity contribution in [1.82, 2.24) is 0 Å². The number of carbonyl (C=O) groups is 2. The van der Waals surface area contributed by atoms with Crippen molar-refractivity contribution < 1.29 is 19.1 Å². The molecule has 4 aromatic rings. The number of thioether (sulfide) groups is 1. The van der Waals surface area contributed by atoms with Crippen LogP contribution >= 0.6 is 46.0 Å². The van der Waals surface area contributed by atoms with Gasteiger partial charge in [-0.05, 0) is 114 Å². The van der Waals surface area contributed by atoms with E-state index in [-0.39, 0.29) is 18.4 Å². The van der Waals surface area contributed by atoms with E-state index in [1.807, 2.05) is 79.7 Å². The summed E-state index contributed by atoms with van der Waals surface area (Å²) in [4.78, 5) is 33.1. The van der Waals surface area contributed by atoms with Crippen molar-refractivity contribution in [3.05, 3.63) is 116 Å². The molecule has 1 aliphatic rings. The number of carbonyl (C=O) groups excluding carboxylic acids is 2. The zero-order chi connectivity index (χ0) is 29.5. The highest BCUT2D eigenvalue weighted by Gasteiger charge is 2.34. The molecule has 0 saturated carbocycles. The summed E-state index contributed by atoms with van der Waals surface area (Å²) in [7, 11) is 0. The Morgan fingerprint density at radius 3 is 2.38 bits per heavy atom. The summed E-state index contributed by atoms with van der Waals surface area (Å²) in [5, 5.41) is 3.93. The van der Waals surface area contributed by atoms with Crippen LogP contribution in [0.5, 0.6) is 11.5 Å². The average Bonchev–Trinajstić information content (AvgIpc) is 3.28. The van der Waals surface area contributed by atoms with E-state index in [9.17, 15) is 9.59 Å². The summed E-state index contributed by atoms with van der Waals surface area (Å²) >= 11 is 9.37. The lowest BCUT2D eigenvalue weighted by atomic mass is 10.1. The van der Waals surface area contributed by atoms with Gasteiger partial charge in [-0.1, -0.05) is 48.0 Å². The molecule has 1 fully saturated rings. The molecule has 4 aromatic carbocycles. The SMILES string of the molecule is CCOc1cc(/C=C2\SC(=Nc3ccccc3)N(c3ccccc3)C2=O)cc(I)c1OCC(=O)Nc1ccc(Cl)cc1. The van der Waals surface area contributed by atoms with Gasteiger partial charge in [0.15, 0.2) is 23.3 Å². The summed E-state index contributed by atoms with van der Waals surface area (Å²) in [6, 6.07) is 29.5. The zero-order valence-corrected chi connectivity index (χ0v) is 26.2. The van der Waals surface area contributed by atoms with Crippen molar-refractivity contribution in [2.24, 2.45) is 4.99 Å². The van der Waals surface area contributed by atoms with Crippen LogP contribution in [0, 0.1) is 3.57 Å². The fraction of sp³-hybridized carbons (Fsp3) is 0.0938. The number of ether oxygens (including phenoxy) is 2. The predicted molar refractivity (Wildman–Crippen MR) is 179 cm³/mol. The third kappa shape index (κ3) is 7.33. The average molecular weight is 710 g/mol. The van der Waals surface area contributed by atoms with Gasteiger partial charge in [-0.3, -0.25) is 14.5 Å². The van der Waals surface area contributed by atoms with Gasteiger partial charge in [0.05, 0.1) is 26.5 Å². The number of hydrogen-bond donors (Lipinski definition) is 1. The van der Waals surface area contributed by atoms with Gasteiger partial charge in [0.25, 0.3) is 11.8 Å². The van der Waals surface area contributed by atoms with Gasteiger partial charge in [0.2, 0.25) is 0 Å². The number of amidine groups is 1. The molecule has 0 bridgehead atoms. The van der Waals surface area contributed by atoms with Gasteiger partial charge in [0, 0.05) is 10.7 Å². The molecule has 0 aliphatic carbocycles. The van der Waals surface area contributed by atoms with Gasteiger partial charge in [-0.2, -0.15) is 0 Å². The largest absolute Gasteiger partial charge is 0.490 e. The van der Waals surface area contributed by atoms with E-state index in [1.54, 1.807) is 35.2 Å². The monoisotopic (exact) mass is 709 g/mol. The molecule has 1 aliphatic heterocycles. The van der Waals surface area contributed by atoms with Crippen LogP contribution in [0.3, 0.4) is 0 Å². The van der Waals surface area contributed by atoms with E-state index in [1.165, 1.54) is 11.8 Å². The quantitative estimate of drug-likeness (QED) is 0.140. The van der Waals surface area contributed by atoms with Crippen LogP contribution in [-0.2, 0) is 9.59 Å². The molecule has 1 heterocycles. The third-order valence-corrected chi connectivity index (χ3v) is 7.93. The van der Waals surface area contributed by atoms with E-state index in [0.717, 1.165) is 20.5 Å². The lowest BCUT2D eigenvalue weighted by molar-refractivity contribution is -0.118. The molecule has 212 valence electrons. The van der Waals surface area contributed by atoms with Crippen LogP contribution in [-0.4, -0.2) is 30.2 Å². The second-order valence-corrected chi connectivity index (χ2v) is 11.5. The maximum Gasteiger partial charge on any atom is 0.271 e. The molecule has 5 rings (SSSR count). The topological polar surface area (TPSA) is 80.2 Å². The van der Waals surface area contributed by atoms with E-state index in [2.05, 4.69) is 27.9 Å². The number of halogens is 2. The summed E-state index contributed by atoms with van der Waals surface area (Å²) in [6.07, 6.45) is 1.82. The van der Waals surface area contributed by atoms with Crippen molar-refractivity contribution in [3.8, 4) is 11.5 Å². The van der Waals surface area contributed by atoms with Crippen LogP contribution in [0.1, 0.15) is 12.5 Å². The van der Waals surface area contributed by atoms with Crippen molar-refractivity contribution in [1.29, 1.82) is 0 Å². The molecule has 0 aromatic heterocycles. The third-order valence-electron chi connectivity index (χ3n) is 5.91. The Hall–Kier alpha value is -3.80. The Labute approximate surface area is 266 Å². The first-order valence-corrected chi connectivity index (χ1v) is 15.3. The van der Waals surface area contributed by atoms with Crippen molar-refractivity contribution >= 4 is 86.1 Å². The van der Waals surface area contributed by atoms with Crippen LogP contribution in [0.2, 0.25) is 5.02 Å². The van der Waals surface area contributed by atoms with E-state index in [4.69, 9.17) is 26.1 Å². The first-order chi connectivity index (χ1) is 20.4. The highest BCUT2D eigenvalue weighted by Crippen LogP contribution is 2.39. The summed E-state index contributed by atoms with van der Waals surface area (Å²) in [5.41, 5.74) is 2.86. The smallest absolute Gasteiger partial charge is 0.271 e. The Morgan fingerprint density at radius 2 is 1.69 bits per heavy atom. The zero-order valence-electron chi connectivity index (χ0n) is 22.4. The van der Waals surface area contributed by atoms with E-state index in [0.29, 0.717) is 38.9 Å². The molecule has 0 unspecified atom stereocenters. The highest BCUT2D eigenvalue weighted by atomic mass is 127. The Bertz CT molecular complexity index is 1650. The summed E-state index contributed by atoms with van der Waals surface area (Å²) < 4.78 is 12.5. The molecular formula is C32H25ClIN3O4S. The van der Waals surface area contributed by atoms with Crippen LogP contribution in [0.25, 0.3) is 6.08 Å². The first kappa shape index (κ1) is 29.7. The van der Waals surface area contributed by atoms with Crippen molar-refractivity contribution in [2.75, 3.05) is 23.4 Å². The molecule has 10 heteroatoms. The molecule has 7 nitrogen and oxygen atoms in total. The second kappa shape index (κ2) is 13.9. The molecule has 42 heavy (non-hydrogen) atoms. The van der Waals surface area contributed by atoms with Crippen molar-refractivity contribution in [3.63, 3.8) is 0 Å². The molecule has 0 radical (unpaired) electrons. The van der Waals surface area contributed by atoms with Gasteiger partial charge in [-0.25, -0.2) is 4.99 Å². The Balaban J connectivity index is 1.40. The van der Waals surface area contributed by atoms with Gasteiger partial charge >= 0.3 is 0 Å². The Morgan fingerprint density at radius 1 is 1.00 bits per heavy atom. The number of para-hydroxylation sites is 2. The lowest BCUT2D eigenvalue weighted by Crippen LogP contribution is -2.28. The van der Waals surface area contributed by atoms with Crippen LogP contribution in [0.4, 0.5) is 17.1 Å². The number of anilines is 2. The molecule has 1 N–H and O–H groups in total. The molecular weight excluding hydrogens is 685 g/mol. The van der Waals surface area contributed by atoms with Gasteiger partial charge in [0.1, 0.15) is 0 Å².